The Hall–Kier alpha value is -4.77. The van der Waals surface area contributed by atoms with Crippen LogP contribution >= 0.6 is 0 Å². The van der Waals surface area contributed by atoms with Gasteiger partial charge < -0.3 is 15.0 Å². The summed E-state index contributed by atoms with van der Waals surface area (Å²) in [5, 5.41) is 2.61. The molecule has 4 aromatic rings. The zero-order valence-electron chi connectivity index (χ0n) is 22.7. The van der Waals surface area contributed by atoms with Gasteiger partial charge in [-0.25, -0.2) is 17.2 Å². The number of sulfonamides is 1. The van der Waals surface area contributed by atoms with Crippen LogP contribution in [-0.4, -0.2) is 44.8 Å². The molecule has 2 amide bonds. The summed E-state index contributed by atoms with van der Waals surface area (Å²) in [4.78, 5) is 27.8. The summed E-state index contributed by atoms with van der Waals surface area (Å²) in [6.07, 6.45) is 0.237. The van der Waals surface area contributed by atoms with E-state index in [0.29, 0.717) is 5.56 Å². The molecule has 0 aromatic heterocycles. The molecule has 8 nitrogen and oxygen atoms in total. The number of nitrogens with zero attached hydrogens (tertiary/aromatic N) is 1. The van der Waals surface area contributed by atoms with E-state index >= 15 is 0 Å². The predicted octanol–water partition coefficient (Wildman–Crippen LogP) is 4.53. The Morgan fingerprint density at radius 3 is 2.00 bits per heavy atom. The number of likely N-dealkylation sites (N-methyl/N-ethyl adjacent to an activating group) is 1. The van der Waals surface area contributed by atoms with Crippen molar-refractivity contribution in [3.8, 4) is 5.75 Å². The molecule has 0 fully saturated rings. The van der Waals surface area contributed by atoms with Gasteiger partial charge in [0.15, 0.2) is 6.61 Å². The smallest absolute Gasteiger partial charge is 0.261 e. The van der Waals surface area contributed by atoms with Crippen molar-refractivity contribution in [2.24, 2.45) is 0 Å². The molecule has 4 rings (SSSR count). The fourth-order valence-electron chi connectivity index (χ4n) is 4.18. The van der Waals surface area contributed by atoms with Gasteiger partial charge in [0.05, 0.1) is 4.90 Å². The SMILES string of the molecule is CNC(=O)C(Cc1ccccc1)N(Cc1ccc(F)cc1)C(=O)COc1ccc(S(=O)(=O)Nc2ccc(F)cc2)cc1. The van der Waals surface area contributed by atoms with Gasteiger partial charge in [-0.2, -0.15) is 0 Å². The van der Waals surface area contributed by atoms with Crippen LogP contribution in [0.5, 0.6) is 5.75 Å². The van der Waals surface area contributed by atoms with Gasteiger partial charge in [0.2, 0.25) is 5.91 Å². The molecule has 0 radical (unpaired) electrons. The Morgan fingerprint density at radius 2 is 1.40 bits per heavy atom. The van der Waals surface area contributed by atoms with Crippen molar-refractivity contribution in [2.75, 3.05) is 18.4 Å². The first-order valence-electron chi connectivity index (χ1n) is 13.0. The van der Waals surface area contributed by atoms with Gasteiger partial charge in [0, 0.05) is 25.7 Å². The lowest BCUT2D eigenvalue weighted by molar-refractivity contribution is -0.142. The number of anilines is 1. The zero-order valence-corrected chi connectivity index (χ0v) is 23.5. The van der Waals surface area contributed by atoms with E-state index in [1.54, 1.807) is 12.1 Å². The van der Waals surface area contributed by atoms with Gasteiger partial charge >= 0.3 is 0 Å². The van der Waals surface area contributed by atoms with Crippen LogP contribution in [-0.2, 0) is 32.6 Å². The first-order valence-corrected chi connectivity index (χ1v) is 14.4. The van der Waals surface area contributed by atoms with Crippen LogP contribution in [0.1, 0.15) is 11.1 Å². The number of ether oxygens (including phenoxy) is 1. The number of hydrogen-bond donors (Lipinski definition) is 2. The van der Waals surface area contributed by atoms with Crippen molar-refractivity contribution in [1.29, 1.82) is 0 Å². The average molecular weight is 594 g/mol. The third-order valence-electron chi connectivity index (χ3n) is 6.38. The Bertz CT molecular complexity index is 1600. The summed E-state index contributed by atoms with van der Waals surface area (Å²) in [6.45, 7) is -0.414. The first-order chi connectivity index (χ1) is 20.1. The van der Waals surface area contributed by atoms with Gasteiger partial charge in [0.1, 0.15) is 23.4 Å². The fraction of sp³-hybridized carbons (Fsp3) is 0.161. The normalized spacial score (nSPS) is 11.8. The summed E-state index contributed by atoms with van der Waals surface area (Å²) in [5.41, 5.74) is 1.66. The van der Waals surface area contributed by atoms with Gasteiger partial charge in [-0.05, 0) is 71.8 Å². The molecule has 1 atom stereocenters. The lowest BCUT2D eigenvalue weighted by Gasteiger charge is -2.31. The third-order valence-corrected chi connectivity index (χ3v) is 7.77. The first kappa shape index (κ1) is 30.2. The zero-order chi connectivity index (χ0) is 30.1. The van der Waals surface area contributed by atoms with Crippen LogP contribution < -0.4 is 14.8 Å². The summed E-state index contributed by atoms with van der Waals surface area (Å²) < 4.78 is 60.1. The van der Waals surface area contributed by atoms with E-state index in [0.717, 1.165) is 17.7 Å². The third kappa shape index (κ3) is 8.14. The maximum atomic E-state index is 13.5. The van der Waals surface area contributed by atoms with Crippen molar-refractivity contribution < 1.29 is 31.5 Å². The molecule has 0 bridgehead atoms. The van der Waals surface area contributed by atoms with Crippen molar-refractivity contribution in [3.05, 3.63) is 126 Å². The minimum atomic E-state index is -3.95. The quantitative estimate of drug-likeness (QED) is 0.251. The maximum Gasteiger partial charge on any atom is 0.261 e. The minimum absolute atomic E-state index is 0.0274. The van der Waals surface area contributed by atoms with Crippen LogP contribution in [0.2, 0.25) is 0 Å². The van der Waals surface area contributed by atoms with Crippen molar-refractivity contribution in [1.82, 2.24) is 10.2 Å². The number of amides is 2. The number of halogens is 2. The molecular formula is C31H29F2N3O5S. The van der Waals surface area contributed by atoms with Gasteiger partial charge in [-0.15, -0.1) is 0 Å². The molecule has 2 N–H and O–H groups in total. The van der Waals surface area contributed by atoms with Crippen molar-refractivity contribution in [3.63, 3.8) is 0 Å². The second kappa shape index (κ2) is 13.7. The highest BCUT2D eigenvalue weighted by Gasteiger charge is 2.30. The molecule has 0 spiro atoms. The molecule has 4 aromatic carbocycles. The maximum absolute atomic E-state index is 13.5. The molecule has 1 unspecified atom stereocenters. The molecule has 42 heavy (non-hydrogen) atoms. The molecular weight excluding hydrogens is 564 g/mol. The van der Waals surface area contributed by atoms with Crippen LogP contribution in [0.4, 0.5) is 14.5 Å². The van der Waals surface area contributed by atoms with E-state index in [-0.39, 0.29) is 35.2 Å². The van der Waals surface area contributed by atoms with Gasteiger partial charge in [0.25, 0.3) is 15.9 Å². The number of benzene rings is 4. The molecule has 0 saturated heterocycles. The van der Waals surface area contributed by atoms with E-state index in [4.69, 9.17) is 4.74 Å². The molecule has 0 aliphatic rings. The highest BCUT2D eigenvalue weighted by Crippen LogP contribution is 2.21. The summed E-state index contributed by atoms with van der Waals surface area (Å²) in [7, 11) is -2.47. The summed E-state index contributed by atoms with van der Waals surface area (Å²) in [6, 6.07) is 24.3. The van der Waals surface area contributed by atoms with Crippen molar-refractivity contribution in [2.45, 2.75) is 23.9 Å². The molecule has 0 heterocycles. The number of rotatable bonds is 12. The lowest BCUT2D eigenvalue weighted by atomic mass is 10.0. The minimum Gasteiger partial charge on any atom is -0.484 e. The number of nitrogens with one attached hydrogen (secondary N) is 2. The Labute approximate surface area is 243 Å². The second-order valence-corrected chi connectivity index (χ2v) is 11.0. The highest BCUT2D eigenvalue weighted by molar-refractivity contribution is 7.92. The summed E-state index contributed by atoms with van der Waals surface area (Å²) in [5.74, 6) is -1.57. The lowest BCUT2D eigenvalue weighted by Crippen LogP contribution is -2.51. The molecule has 0 aliphatic carbocycles. The van der Waals surface area contributed by atoms with Crippen LogP contribution in [0, 0.1) is 11.6 Å². The average Bonchev–Trinajstić information content (AvgIpc) is 3.00. The Morgan fingerprint density at radius 1 is 0.810 bits per heavy atom. The monoisotopic (exact) mass is 593 g/mol. The van der Waals surface area contributed by atoms with Crippen LogP contribution in [0.15, 0.2) is 108 Å². The van der Waals surface area contributed by atoms with Crippen LogP contribution in [0.3, 0.4) is 0 Å². The van der Waals surface area contributed by atoms with Gasteiger partial charge in [-0.1, -0.05) is 42.5 Å². The second-order valence-electron chi connectivity index (χ2n) is 9.34. The Kier molecular flexibility index (Phi) is 9.87. The van der Waals surface area contributed by atoms with E-state index in [1.165, 1.54) is 60.5 Å². The van der Waals surface area contributed by atoms with E-state index in [1.807, 2.05) is 30.3 Å². The van der Waals surface area contributed by atoms with Crippen LogP contribution in [0.25, 0.3) is 0 Å². The van der Waals surface area contributed by atoms with Gasteiger partial charge in [-0.3, -0.25) is 14.3 Å². The molecule has 218 valence electrons. The fourth-order valence-corrected chi connectivity index (χ4v) is 5.24. The van der Waals surface area contributed by atoms with E-state index in [2.05, 4.69) is 10.0 Å². The molecule has 11 heteroatoms. The van der Waals surface area contributed by atoms with Crippen molar-refractivity contribution >= 4 is 27.5 Å². The topological polar surface area (TPSA) is 105 Å². The molecule has 0 aliphatic heterocycles. The standard InChI is InChI=1S/C31H29F2N3O5S/c1-34-31(38)29(19-22-5-3-2-4-6-22)36(20-23-7-9-24(32)10-8-23)30(37)21-41-27-15-17-28(18-16-27)42(39,40)35-26-13-11-25(33)12-14-26/h2-18,29,35H,19-21H2,1H3,(H,34,38). The number of carbonyl (C=O) groups is 2. The van der Waals surface area contributed by atoms with E-state index < -0.39 is 40.2 Å². The predicted molar refractivity (Wildman–Crippen MR) is 154 cm³/mol. The van der Waals surface area contributed by atoms with E-state index in [9.17, 15) is 26.8 Å². The summed E-state index contributed by atoms with van der Waals surface area (Å²) >= 11 is 0. The largest absolute Gasteiger partial charge is 0.484 e. The number of carbonyl (C=O) groups excluding carboxylic acids is 2. The molecule has 0 saturated carbocycles. The number of hydrogen-bond acceptors (Lipinski definition) is 5. The highest BCUT2D eigenvalue weighted by atomic mass is 32.2. The Balaban J connectivity index is 1.50.